The van der Waals surface area contributed by atoms with E-state index in [0.29, 0.717) is 11.8 Å². The standard InChI is InChI=1S/C8H10O/c1-2-4-8-6-9-5-7(8)3-1/h1-4,7-8H,5-6H2/t7-,8+. The van der Waals surface area contributed by atoms with E-state index in [9.17, 15) is 0 Å². The fourth-order valence-electron chi connectivity index (χ4n) is 1.40. The van der Waals surface area contributed by atoms with Gasteiger partial charge in [0.1, 0.15) is 0 Å². The number of allylic oxidation sites excluding steroid dienone is 2. The molecule has 1 heteroatoms. The molecule has 0 radical (unpaired) electrons. The molecule has 0 spiro atoms. The lowest BCUT2D eigenvalue weighted by Crippen LogP contribution is -2.08. The molecule has 0 aromatic heterocycles. The van der Waals surface area contributed by atoms with Crippen LogP contribution in [0.5, 0.6) is 0 Å². The molecule has 1 heterocycles. The Labute approximate surface area is 55.0 Å². The summed E-state index contributed by atoms with van der Waals surface area (Å²) in [6, 6.07) is 0. The van der Waals surface area contributed by atoms with Gasteiger partial charge < -0.3 is 4.74 Å². The summed E-state index contributed by atoms with van der Waals surface area (Å²) >= 11 is 0. The van der Waals surface area contributed by atoms with Gasteiger partial charge in [0.25, 0.3) is 0 Å². The van der Waals surface area contributed by atoms with Crippen molar-refractivity contribution in [2.45, 2.75) is 0 Å². The van der Waals surface area contributed by atoms with Crippen molar-refractivity contribution in [1.29, 1.82) is 0 Å². The number of ether oxygens (including phenoxy) is 1. The second kappa shape index (κ2) is 1.99. The van der Waals surface area contributed by atoms with Gasteiger partial charge in [0, 0.05) is 11.8 Å². The third kappa shape index (κ3) is 0.815. The molecular weight excluding hydrogens is 112 g/mol. The molecule has 0 saturated carbocycles. The van der Waals surface area contributed by atoms with Gasteiger partial charge in [-0.2, -0.15) is 0 Å². The lowest BCUT2D eigenvalue weighted by molar-refractivity contribution is 0.187. The minimum absolute atomic E-state index is 0.676. The molecule has 0 unspecified atom stereocenters. The molecule has 0 amide bonds. The second-order valence-corrected chi connectivity index (χ2v) is 2.63. The van der Waals surface area contributed by atoms with Gasteiger partial charge in [0.05, 0.1) is 13.2 Å². The molecule has 1 nitrogen and oxygen atoms in total. The Kier molecular flexibility index (Phi) is 1.16. The minimum atomic E-state index is 0.676. The second-order valence-electron chi connectivity index (χ2n) is 2.63. The summed E-state index contributed by atoms with van der Waals surface area (Å²) in [4.78, 5) is 0. The topological polar surface area (TPSA) is 9.23 Å². The van der Waals surface area contributed by atoms with Gasteiger partial charge in [0.2, 0.25) is 0 Å². The van der Waals surface area contributed by atoms with Crippen molar-refractivity contribution < 1.29 is 4.74 Å². The van der Waals surface area contributed by atoms with Crippen LogP contribution in [0.15, 0.2) is 24.3 Å². The van der Waals surface area contributed by atoms with Crippen LogP contribution in [0.1, 0.15) is 0 Å². The highest BCUT2D eigenvalue weighted by molar-refractivity contribution is 5.15. The molecule has 48 valence electrons. The lowest BCUT2D eigenvalue weighted by atomic mass is 9.92. The molecule has 1 fully saturated rings. The molecule has 0 aromatic rings. The number of rotatable bonds is 0. The van der Waals surface area contributed by atoms with Crippen LogP contribution < -0.4 is 0 Å². The van der Waals surface area contributed by atoms with Crippen molar-refractivity contribution >= 4 is 0 Å². The zero-order valence-electron chi connectivity index (χ0n) is 5.29. The smallest absolute Gasteiger partial charge is 0.0535 e. The SMILES string of the molecule is C1=C[C@@H]2COC[C@@H]2C=C1. The third-order valence-electron chi connectivity index (χ3n) is 2.00. The Balaban J connectivity index is 2.18. The van der Waals surface area contributed by atoms with Crippen LogP contribution in [-0.2, 0) is 4.74 Å². The fraction of sp³-hybridized carbons (Fsp3) is 0.500. The molecule has 1 aliphatic heterocycles. The average molecular weight is 122 g/mol. The van der Waals surface area contributed by atoms with E-state index < -0.39 is 0 Å². The highest BCUT2D eigenvalue weighted by Gasteiger charge is 2.24. The summed E-state index contributed by atoms with van der Waals surface area (Å²) in [6.07, 6.45) is 8.68. The minimum Gasteiger partial charge on any atom is -0.380 e. The van der Waals surface area contributed by atoms with Crippen LogP contribution in [0.2, 0.25) is 0 Å². The van der Waals surface area contributed by atoms with Gasteiger partial charge in [-0.1, -0.05) is 24.3 Å². The first-order valence-electron chi connectivity index (χ1n) is 3.39. The van der Waals surface area contributed by atoms with E-state index in [1.165, 1.54) is 0 Å². The van der Waals surface area contributed by atoms with Crippen LogP contribution in [-0.4, -0.2) is 13.2 Å². The van der Waals surface area contributed by atoms with Crippen molar-refractivity contribution in [3.63, 3.8) is 0 Å². The van der Waals surface area contributed by atoms with Crippen molar-refractivity contribution in [1.82, 2.24) is 0 Å². The average Bonchev–Trinajstić information content (AvgIpc) is 2.33. The zero-order valence-corrected chi connectivity index (χ0v) is 5.29. The summed E-state index contributed by atoms with van der Waals surface area (Å²) in [7, 11) is 0. The Morgan fingerprint density at radius 1 is 1.00 bits per heavy atom. The van der Waals surface area contributed by atoms with E-state index in [4.69, 9.17) is 4.74 Å². The van der Waals surface area contributed by atoms with Crippen LogP contribution >= 0.6 is 0 Å². The molecule has 1 saturated heterocycles. The zero-order chi connectivity index (χ0) is 6.10. The van der Waals surface area contributed by atoms with Gasteiger partial charge in [0.15, 0.2) is 0 Å². The molecule has 1 aliphatic carbocycles. The molecule has 2 rings (SSSR count). The molecule has 9 heavy (non-hydrogen) atoms. The van der Waals surface area contributed by atoms with Crippen molar-refractivity contribution in [2.75, 3.05) is 13.2 Å². The lowest BCUT2D eigenvalue weighted by Gasteiger charge is -2.10. The van der Waals surface area contributed by atoms with E-state index in [2.05, 4.69) is 24.3 Å². The fourth-order valence-corrected chi connectivity index (χ4v) is 1.40. The van der Waals surface area contributed by atoms with Crippen molar-refractivity contribution in [3.8, 4) is 0 Å². The predicted molar refractivity (Wildman–Crippen MR) is 36.1 cm³/mol. The third-order valence-corrected chi connectivity index (χ3v) is 2.00. The monoisotopic (exact) mass is 122 g/mol. The van der Waals surface area contributed by atoms with Crippen molar-refractivity contribution in [3.05, 3.63) is 24.3 Å². The molecular formula is C8H10O. The predicted octanol–water partition coefficient (Wildman–Crippen LogP) is 1.38. The maximum atomic E-state index is 5.29. The number of hydrogen-bond acceptors (Lipinski definition) is 1. The van der Waals surface area contributed by atoms with E-state index in [1.807, 2.05) is 0 Å². The molecule has 2 atom stereocenters. The normalized spacial score (nSPS) is 39.1. The first-order chi connectivity index (χ1) is 4.47. The molecule has 2 aliphatic rings. The molecule has 0 aromatic carbocycles. The Hall–Kier alpha value is -0.560. The van der Waals surface area contributed by atoms with E-state index in [0.717, 1.165) is 13.2 Å². The van der Waals surface area contributed by atoms with Gasteiger partial charge in [-0.05, 0) is 0 Å². The summed E-state index contributed by atoms with van der Waals surface area (Å²) < 4.78 is 5.29. The van der Waals surface area contributed by atoms with E-state index in [1.54, 1.807) is 0 Å². The summed E-state index contributed by atoms with van der Waals surface area (Å²) in [5.41, 5.74) is 0. The maximum Gasteiger partial charge on any atom is 0.0535 e. The number of hydrogen-bond donors (Lipinski definition) is 0. The van der Waals surface area contributed by atoms with Crippen LogP contribution in [0, 0.1) is 11.8 Å². The van der Waals surface area contributed by atoms with Gasteiger partial charge in [-0.15, -0.1) is 0 Å². The largest absolute Gasteiger partial charge is 0.380 e. The van der Waals surface area contributed by atoms with Gasteiger partial charge in [-0.25, -0.2) is 0 Å². The molecule has 0 bridgehead atoms. The van der Waals surface area contributed by atoms with Gasteiger partial charge >= 0.3 is 0 Å². The highest BCUT2D eigenvalue weighted by Crippen LogP contribution is 2.25. The first kappa shape index (κ1) is 5.24. The highest BCUT2D eigenvalue weighted by atomic mass is 16.5. The summed E-state index contributed by atoms with van der Waals surface area (Å²) in [5, 5.41) is 0. The van der Waals surface area contributed by atoms with Crippen LogP contribution in [0.25, 0.3) is 0 Å². The van der Waals surface area contributed by atoms with E-state index >= 15 is 0 Å². The maximum absolute atomic E-state index is 5.29. The number of fused-ring (bicyclic) bond motifs is 1. The van der Waals surface area contributed by atoms with Crippen molar-refractivity contribution in [2.24, 2.45) is 11.8 Å². The van der Waals surface area contributed by atoms with Crippen LogP contribution in [0.3, 0.4) is 0 Å². The Morgan fingerprint density at radius 2 is 1.56 bits per heavy atom. The van der Waals surface area contributed by atoms with E-state index in [-0.39, 0.29) is 0 Å². The Morgan fingerprint density at radius 3 is 2.11 bits per heavy atom. The Bertz CT molecular complexity index is 140. The quantitative estimate of drug-likeness (QED) is 0.471. The van der Waals surface area contributed by atoms with Crippen LogP contribution in [0.4, 0.5) is 0 Å². The molecule has 0 N–H and O–H groups in total. The summed E-state index contributed by atoms with van der Waals surface area (Å²) in [6.45, 7) is 1.84. The van der Waals surface area contributed by atoms with Gasteiger partial charge in [-0.3, -0.25) is 0 Å². The summed E-state index contributed by atoms with van der Waals surface area (Å²) in [5.74, 6) is 1.35. The first-order valence-corrected chi connectivity index (χ1v) is 3.39.